The van der Waals surface area contributed by atoms with Crippen molar-refractivity contribution in [2.45, 2.75) is 57.2 Å². The molecule has 1 rings (SSSR count). The summed E-state index contributed by atoms with van der Waals surface area (Å²) < 4.78 is 12.1. The van der Waals surface area contributed by atoms with Gasteiger partial charge in [-0.2, -0.15) is 0 Å². The molecule has 1 saturated carbocycles. The minimum absolute atomic E-state index is 0.410. The van der Waals surface area contributed by atoms with Gasteiger partial charge in [-0.1, -0.05) is 33.1 Å². The predicted octanol–water partition coefficient (Wildman–Crippen LogP) is 2.31. The van der Waals surface area contributed by atoms with E-state index in [1.807, 2.05) is 7.05 Å². The molecule has 0 amide bonds. The Bertz CT molecular complexity index is 200. The lowest BCUT2D eigenvalue weighted by Crippen LogP contribution is -2.38. The van der Waals surface area contributed by atoms with E-state index in [-0.39, 0.29) is 0 Å². The van der Waals surface area contributed by atoms with Crippen molar-refractivity contribution < 1.29 is 4.21 Å². The van der Waals surface area contributed by atoms with Gasteiger partial charge in [0.25, 0.3) is 0 Å². The van der Waals surface area contributed by atoms with Crippen LogP contribution in [0.2, 0.25) is 0 Å². The molecule has 0 aliphatic heterocycles. The summed E-state index contributed by atoms with van der Waals surface area (Å²) in [5, 5.41) is 3.76. The summed E-state index contributed by atoms with van der Waals surface area (Å²) in [4.78, 5) is 0. The zero-order valence-electron chi connectivity index (χ0n) is 10.3. The Kier molecular flexibility index (Phi) is 5.83. The molecule has 0 spiro atoms. The van der Waals surface area contributed by atoms with Gasteiger partial charge in [-0.3, -0.25) is 4.21 Å². The molecule has 0 saturated heterocycles. The fourth-order valence-electron chi connectivity index (χ4n) is 2.25. The maximum Gasteiger partial charge on any atom is 0.0394 e. The summed E-state index contributed by atoms with van der Waals surface area (Å²) in [5.74, 6) is 1.40. The van der Waals surface area contributed by atoms with E-state index in [1.54, 1.807) is 0 Å². The standard InChI is InChI=1S/C12H25NOS/c1-10(2)12(13-3)9-15(14)11-7-5-4-6-8-11/h10-13H,4-9H2,1-3H3. The lowest BCUT2D eigenvalue weighted by Gasteiger charge is -2.25. The zero-order chi connectivity index (χ0) is 11.3. The van der Waals surface area contributed by atoms with Crippen LogP contribution in [0.1, 0.15) is 46.0 Å². The summed E-state index contributed by atoms with van der Waals surface area (Å²) in [6, 6.07) is 0.410. The molecule has 2 atom stereocenters. The molecule has 2 unspecified atom stereocenters. The second kappa shape index (κ2) is 6.64. The summed E-state index contributed by atoms with van der Waals surface area (Å²) >= 11 is 0. The van der Waals surface area contributed by atoms with Gasteiger partial charge >= 0.3 is 0 Å². The second-order valence-electron chi connectivity index (χ2n) is 4.95. The molecule has 0 heterocycles. The van der Waals surface area contributed by atoms with Gasteiger partial charge in [0.05, 0.1) is 0 Å². The van der Waals surface area contributed by atoms with Crippen molar-refractivity contribution in [3.05, 3.63) is 0 Å². The Hall–Kier alpha value is 0.110. The van der Waals surface area contributed by atoms with Gasteiger partial charge in [-0.05, 0) is 25.8 Å². The van der Waals surface area contributed by atoms with E-state index in [9.17, 15) is 4.21 Å². The average Bonchev–Trinajstić information content (AvgIpc) is 2.26. The molecule has 0 aromatic carbocycles. The average molecular weight is 231 g/mol. The molecule has 15 heavy (non-hydrogen) atoms. The maximum atomic E-state index is 12.1. The number of nitrogens with one attached hydrogen (secondary N) is 1. The highest BCUT2D eigenvalue weighted by molar-refractivity contribution is 7.85. The number of hydrogen-bond donors (Lipinski definition) is 1. The van der Waals surface area contributed by atoms with E-state index >= 15 is 0 Å². The minimum atomic E-state index is -0.619. The lowest BCUT2D eigenvalue weighted by atomic mass is 10.0. The van der Waals surface area contributed by atoms with E-state index in [2.05, 4.69) is 19.2 Å². The SMILES string of the molecule is CNC(CS(=O)C1CCCCC1)C(C)C. The van der Waals surface area contributed by atoms with E-state index in [0.29, 0.717) is 17.2 Å². The Morgan fingerprint density at radius 2 is 1.87 bits per heavy atom. The molecule has 3 heteroatoms. The van der Waals surface area contributed by atoms with Crippen molar-refractivity contribution in [3.8, 4) is 0 Å². The third kappa shape index (κ3) is 4.23. The van der Waals surface area contributed by atoms with E-state index in [4.69, 9.17) is 0 Å². The fourth-order valence-corrected chi connectivity index (χ4v) is 4.29. The van der Waals surface area contributed by atoms with Crippen molar-refractivity contribution in [2.75, 3.05) is 12.8 Å². The van der Waals surface area contributed by atoms with Crippen LogP contribution in [0.25, 0.3) is 0 Å². The van der Waals surface area contributed by atoms with E-state index < -0.39 is 10.8 Å². The summed E-state index contributed by atoms with van der Waals surface area (Å²) in [7, 11) is 1.36. The van der Waals surface area contributed by atoms with Crippen LogP contribution < -0.4 is 5.32 Å². The van der Waals surface area contributed by atoms with Gasteiger partial charge in [-0.25, -0.2) is 0 Å². The third-order valence-corrected chi connectivity index (χ3v) is 5.35. The van der Waals surface area contributed by atoms with Crippen LogP contribution in [0.4, 0.5) is 0 Å². The Labute approximate surface area is 96.7 Å². The molecule has 0 aromatic rings. The first-order chi connectivity index (χ1) is 7.15. The summed E-state index contributed by atoms with van der Waals surface area (Å²) in [6.45, 7) is 4.39. The van der Waals surface area contributed by atoms with Gasteiger partial charge in [-0.15, -0.1) is 0 Å². The Balaban J connectivity index is 2.38. The normalized spacial score (nSPS) is 22.9. The largest absolute Gasteiger partial charge is 0.316 e. The zero-order valence-corrected chi connectivity index (χ0v) is 11.1. The van der Waals surface area contributed by atoms with E-state index in [1.165, 1.54) is 32.1 Å². The van der Waals surface area contributed by atoms with Gasteiger partial charge in [0.15, 0.2) is 0 Å². The molecule has 0 radical (unpaired) electrons. The topological polar surface area (TPSA) is 29.1 Å². The van der Waals surface area contributed by atoms with Crippen LogP contribution in [0.5, 0.6) is 0 Å². The minimum Gasteiger partial charge on any atom is -0.316 e. The molecule has 1 aliphatic carbocycles. The smallest absolute Gasteiger partial charge is 0.0394 e. The van der Waals surface area contributed by atoms with Crippen molar-refractivity contribution in [1.29, 1.82) is 0 Å². The van der Waals surface area contributed by atoms with Gasteiger partial charge in [0.1, 0.15) is 0 Å². The molecular formula is C12H25NOS. The molecule has 0 aromatic heterocycles. The monoisotopic (exact) mass is 231 g/mol. The van der Waals surface area contributed by atoms with Crippen molar-refractivity contribution in [1.82, 2.24) is 5.32 Å². The summed E-state index contributed by atoms with van der Waals surface area (Å²) in [6.07, 6.45) is 6.26. The first-order valence-electron chi connectivity index (χ1n) is 6.19. The van der Waals surface area contributed by atoms with Crippen molar-refractivity contribution in [3.63, 3.8) is 0 Å². The molecule has 0 bridgehead atoms. The van der Waals surface area contributed by atoms with Crippen molar-refractivity contribution >= 4 is 10.8 Å². The first kappa shape index (κ1) is 13.2. The second-order valence-corrected chi connectivity index (χ2v) is 6.71. The molecule has 90 valence electrons. The van der Waals surface area contributed by atoms with Crippen molar-refractivity contribution in [2.24, 2.45) is 5.92 Å². The van der Waals surface area contributed by atoms with Gasteiger partial charge in [0, 0.05) is 27.8 Å². The molecule has 1 fully saturated rings. The third-order valence-electron chi connectivity index (χ3n) is 3.44. The number of rotatable bonds is 5. The van der Waals surface area contributed by atoms with Crippen LogP contribution in [0.15, 0.2) is 0 Å². The Morgan fingerprint density at radius 1 is 1.27 bits per heavy atom. The molecule has 1 N–H and O–H groups in total. The van der Waals surface area contributed by atoms with Gasteiger partial charge in [0.2, 0.25) is 0 Å². The highest BCUT2D eigenvalue weighted by Gasteiger charge is 2.23. The highest BCUT2D eigenvalue weighted by Crippen LogP contribution is 2.22. The predicted molar refractivity (Wildman–Crippen MR) is 67.6 cm³/mol. The molecular weight excluding hydrogens is 206 g/mol. The summed E-state index contributed by atoms with van der Waals surface area (Å²) in [5.41, 5.74) is 0. The van der Waals surface area contributed by atoms with Gasteiger partial charge < -0.3 is 5.32 Å². The van der Waals surface area contributed by atoms with Crippen LogP contribution in [-0.2, 0) is 10.8 Å². The van der Waals surface area contributed by atoms with Crippen LogP contribution in [0.3, 0.4) is 0 Å². The number of hydrogen-bond acceptors (Lipinski definition) is 2. The van der Waals surface area contributed by atoms with Crippen LogP contribution >= 0.6 is 0 Å². The first-order valence-corrected chi connectivity index (χ1v) is 7.57. The van der Waals surface area contributed by atoms with E-state index in [0.717, 1.165) is 5.75 Å². The Morgan fingerprint density at radius 3 is 2.33 bits per heavy atom. The fraction of sp³-hybridized carbons (Fsp3) is 1.00. The van der Waals surface area contributed by atoms with Crippen LogP contribution in [-0.4, -0.2) is 28.3 Å². The highest BCUT2D eigenvalue weighted by atomic mass is 32.2. The molecule has 1 aliphatic rings. The molecule has 2 nitrogen and oxygen atoms in total. The maximum absolute atomic E-state index is 12.1. The lowest BCUT2D eigenvalue weighted by molar-refractivity contribution is 0.455. The van der Waals surface area contributed by atoms with Crippen LogP contribution in [0, 0.1) is 5.92 Å². The quantitative estimate of drug-likeness (QED) is 0.787.